The number of alkyl halides is 2. The fourth-order valence-corrected chi connectivity index (χ4v) is 0.917. The number of halogens is 2. The first-order chi connectivity index (χ1) is 5.11. The van der Waals surface area contributed by atoms with Crippen LogP contribution in [0.25, 0.3) is 0 Å². The fourth-order valence-electron chi connectivity index (χ4n) is 0.917. The summed E-state index contributed by atoms with van der Waals surface area (Å²) in [7, 11) is 0. The van der Waals surface area contributed by atoms with Crippen LogP contribution in [0.5, 0.6) is 0 Å². The largest absolute Gasteiger partial charge is 0.222 e. The van der Waals surface area contributed by atoms with Crippen molar-refractivity contribution in [2.24, 2.45) is 0 Å². The topological polar surface area (TPSA) is 0 Å². The van der Waals surface area contributed by atoms with E-state index in [1.54, 1.807) is 19.1 Å². The quantitative estimate of drug-likeness (QED) is 0.536. The van der Waals surface area contributed by atoms with E-state index in [-0.39, 0.29) is 25.0 Å². The predicted molar refractivity (Wildman–Crippen MR) is 40.6 cm³/mol. The molecule has 3 heteroatoms. The molecular weight excluding hydrogens is 249 g/mol. The molecule has 12 heavy (non-hydrogen) atoms. The van der Waals surface area contributed by atoms with Crippen molar-refractivity contribution in [3.8, 4) is 0 Å². The predicted octanol–water partition coefficient (Wildman–Crippen LogP) is 3.11. The first-order valence-electron chi connectivity index (χ1n) is 3.32. The molecular formula is C9H9F2Rh-. The Morgan fingerprint density at radius 2 is 1.92 bits per heavy atom. The van der Waals surface area contributed by atoms with Gasteiger partial charge in [0.05, 0.1) is 0 Å². The number of benzene rings is 1. The second-order valence-electron chi connectivity index (χ2n) is 2.50. The average molecular weight is 258 g/mol. The molecule has 0 aliphatic rings. The van der Waals surface area contributed by atoms with E-state index < -0.39 is 6.43 Å². The van der Waals surface area contributed by atoms with Crippen molar-refractivity contribution in [1.29, 1.82) is 0 Å². The summed E-state index contributed by atoms with van der Waals surface area (Å²) in [4.78, 5) is 0. The molecule has 0 aliphatic carbocycles. The van der Waals surface area contributed by atoms with Crippen LogP contribution in [0.2, 0.25) is 0 Å². The maximum Gasteiger partial charge on any atom is 0.222 e. The summed E-state index contributed by atoms with van der Waals surface area (Å²) in [6.45, 7) is 5.29. The van der Waals surface area contributed by atoms with E-state index in [1.165, 1.54) is 6.07 Å². The summed E-state index contributed by atoms with van der Waals surface area (Å²) in [5.74, 6) is 0. The fraction of sp³-hybridized carbons (Fsp3) is 0.222. The van der Waals surface area contributed by atoms with Crippen LogP contribution >= 0.6 is 0 Å². The minimum Gasteiger partial charge on any atom is -0.219 e. The third kappa shape index (κ3) is 2.56. The third-order valence-corrected chi connectivity index (χ3v) is 1.54. The second-order valence-corrected chi connectivity index (χ2v) is 2.50. The number of hydrogen-bond donors (Lipinski definition) is 0. The summed E-state index contributed by atoms with van der Waals surface area (Å²) in [5, 5.41) is 0. The molecule has 0 heterocycles. The van der Waals surface area contributed by atoms with E-state index in [1.807, 2.05) is 0 Å². The van der Waals surface area contributed by atoms with Crippen molar-refractivity contribution in [3.63, 3.8) is 0 Å². The smallest absolute Gasteiger partial charge is 0.219 e. The minimum absolute atomic E-state index is 0. The summed E-state index contributed by atoms with van der Waals surface area (Å²) < 4.78 is 24.3. The third-order valence-electron chi connectivity index (χ3n) is 1.54. The zero-order valence-electron chi connectivity index (χ0n) is 6.61. The van der Waals surface area contributed by atoms with Gasteiger partial charge in [0.1, 0.15) is 0 Å². The van der Waals surface area contributed by atoms with Gasteiger partial charge in [-0.25, -0.2) is 8.78 Å². The van der Waals surface area contributed by atoms with E-state index in [2.05, 4.69) is 6.92 Å². The number of hydrogen-bond acceptors (Lipinski definition) is 0. The summed E-state index contributed by atoms with van der Waals surface area (Å²) in [5.41, 5.74) is 1.28. The Morgan fingerprint density at radius 1 is 1.33 bits per heavy atom. The van der Waals surface area contributed by atoms with E-state index in [9.17, 15) is 8.78 Å². The van der Waals surface area contributed by atoms with Crippen LogP contribution in [0, 0.1) is 13.8 Å². The second kappa shape index (κ2) is 4.56. The van der Waals surface area contributed by atoms with Crippen molar-refractivity contribution in [3.05, 3.63) is 41.8 Å². The SMILES string of the molecule is [CH2-]c1ccc(C)cc1C(F)F.[Rh]. The average Bonchev–Trinajstić information content (AvgIpc) is 1.94. The number of aryl methyl sites for hydroxylation is 1. The molecule has 1 rings (SSSR count). The van der Waals surface area contributed by atoms with Gasteiger partial charge in [-0.05, 0) is 6.92 Å². The van der Waals surface area contributed by atoms with Gasteiger partial charge in [-0.1, -0.05) is 11.1 Å². The van der Waals surface area contributed by atoms with E-state index in [0.717, 1.165) is 5.56 Å². The van der Waals surface area contributed by atoms with Crippen molar-refractivity contribution in [1.82, 2.24) is 0 Å². The van der Waals surface area contributed by atoms with Gasteiger partial charge in [0.15, 0.2) is 0 Å². The first kappa shape index (κ1) is 11.6. The van der Waals surface area contributed by atoms with E-state index in [0.29, 0.717) is 5.56 Å². The normalized spacial score (nSPS) is 9.67. The summed E-state index contributed by atoms with van der Waals surface area (Å²) in [6, 6.07) is 4.85. The molecule has 0 N–H and O–H groups in total. The van der Waals surface area contributed by atoms with Crippen LogP contribution in [0.3, 0.4) is 0 Å². The van der Waals surface area contributed by atoms with Gasteiger partial charge in [0, 0.05) is 19.5 Å². The van der Waals surface area contributed by atoms with Crippen LogP contribution in [-0.4, -0.2) is 0 Å². The zero-order chi connectivity index (χ0) is 8.43. The van der Waals surface area contributed by atoms with Crippen LogP contribution in [0.1, 0.15) is 23.1 Å². The molecule has 0 amide bonds. The van der Waals surface area contributed by atoms with Gasteiger partial charge < -0.3 is 0 Å². The molecule has 0 aliphatic heterocycles. The van der Waals surface area contributed by atoms with Gasteiger partial charge in [-0.15, -0.1) is 12.1 Å². The molecule has 0 aromatic heterocycles. The molecule has 0 fully saturated rings. The standard InChI is InChI=1S/C9H9F2.Rh/c1-6-3-4-7(2)8(5-6)9(10)11;/h3-5,9H,2H2,1H3;/q-1;. The van der Waals surface area contributed by atoms with Gasteiger partial charge in [-0.3, -0.25) is 0 Å². The first-order valence-corrected chi connectivity index (χ1v) is 3.32. The molecule has 0 saturated carbocycles. The molecule has 69 valence electrons. The Hall–Kier alpha value is -0.427. The monoisotopic (exact) mass is 258 g/mol. The van der Waals surface area contributed by atoms with Crippen molar-refractivity contribution >= 4 is 0 Å². The van der Waals surface area contributed by atoms with Crippen LogP contribution in [0.15, 0.2) is 18.2 Å². The molecule has 0 atom stereocenters. The van der Waals surface area contributed by atoms with Gasteiger partial charge in [-0.2, -0.15) is 18.6 Å². The van der Waals surface area contributed by atoms with Crippen LogP contribution in [0.4, 0.5) is 8.78 Å². The molecule has 1 aromatic rings. The molecule has 0 spiro atoms. The molecule has 1 radical (unpaired) electrons. The van der Waals surface area contributed by atoms with Crippen LogP contribution in [-0.2, 0) is 19.5 Å². The maximum atomic E-state index is 12.2. The van der Waals surface area contributed by atoms with Gasteiger partial charge in [0.2, 0.25) is 6.43 Å². The Labute approximate surface area is 83.7 Å². The van der Waals surface area contributed by atoms with Gasteiger partial charge in [0.25, 0.3) is 0 Å². The summed E-state index contributed by atoms with van der Waals surface area (Å²) in [6.07, 6.45) is -2.41. The molecule has 0 bridgehead atoms. The Kier molecular flexibility index (Phi) is 4.40. The molecule has 0 saturated heterocycles. The molecule has 0 unspecified atom stereocenters. The van der Waals surface area contributed by atoms with Crippen LogP contribution < -0.4 is 0 Å². The maximum absolute atomic E-state index is 12.2. The summed E-state index contributed by atoms with van der Waals surface area (Å²) >= 11 is 0. The van der Waals surface area contributed by atoms with Gasteiger partial charge >= 0.3 is 0 Å². The minimum atomic E-state index is -2.41. The van der Waals surface area contributed by atoms with Crippen molar-refractivity contribution < 1.29 is 28.3 Å². The Bertz CT molecular complexity index is 259. The van der Waals surface area contributed by atoms with Crippen molar-refractivity contribution in [2.75, 3.05) is 0 Å². The Balaban J connectivity index is 0.00000121. The van der Waals surface area contributed by atoms with E-state index >= 15 is 0 Å². The number of rotatable bonds is 1. The Morgan fingerprint density at radius 3 is 2.33 bits per heavy atom. The molecule has 1 aromatic carbocycles. The molecule has 0 nitrogen and oxygen atoms in total. The van der Waals surface area contributed by atoms with Crippen molar-refractivity contribution in [2.45, 2.75) is 13.3 Å². The zero-order valence-corrected chi connectivity index (χ0v) is 8.24. The van der Waals surface area contributed by atoms with E-state index in [4.69, 9.17) is 0 Å².